The van der Waals surface area contributed by atoms with E-state index in [0.717, 1.165) is 22.9 Å². The highest BCUT2D eigenvalue weighted by Gasteiger charge is 2.46. The number of carbonyl (C=O) groups excluding carboxylic acids is 1. The maximum absolute atomic E-state index is 11.5. The van der Waals surface area contributed by atoms with Crippen LogP contribution in [0.4, 0.5) is 0 Å². The van der Waals surface area contributed by atoms with Gasteiger partial charge in [-0.25, -0.2) is 4.79 Å². The summed E-state index contributed by atoms with van der Waals surface area (Å²) in [5.74, 6) is -0.322. The lowest BCUT2D eigenvalue weighted by Gasteiger charge is -2.41. The number of piperidine rings is 1. The van der Waals surface area contributed by atoms with E-state index in [1.807, 2.05) is 12.1 Å². The summed E-state index contributed by atoms with van der Waals surface area (Å²) in [5, 5.41) is 3.62. The molecule has 0 aromatic heterocycles. The highest BCUT2D eigenvalue weighted by Crippen LogP contribution is 2.43. The highest BCUT2D eigenvalue weighted by molar-refractivity contribution is 9.10. The van der Waals surface area contributed by atoms with Crippen LogP contribution in [0.5, 0.6) is 0 Å². The van der Waals surface area contributed by atoms with Gasteiger partial charge in [-0.3, -0.25) is 0 Å². The topological polar surface area (TPSA) is 47.6 Å². The van der Waals surface area contributed by atoms with Gasteiger partial charge in [-0.05, 0) is 43.4 Å². The Morgan fingerprint density at radius 3 is 2.48 bits per heavy atom. The van der Waals surface area contributed by atoms with Crippen molar-refractivity contribution in [3.63, 3.8) is 0 Å². The molecule has 114 valence electrons. The van der Waals surface area contributed by atoms with Crippen molar-refractivity contribution in [1.29, 1.82) is 0 Å². The molecule has 2 atom stereocenters. The first-order valence-electron chi connectivity index (χ1n) is 7.34. The van der Waals surface area contributed by atoms with Crippen molar-refractivity contribution in [2.75, 3.05) is 13.7 Å². The largest absolute Gasteiger partial charge is 0.467 e. The Kier molecular flexibility index (Phi) is 4.33. The van der Waals surface area contributed by atoms with Crippen LogP contribution in [0.3, 0.4) is 0 Å². The number of hydrogen-bond donors (Lipinski definition) is 1. The molecular weight excluding hydrogens is 334 g/mol. The second kappa shape index (κ2) is 6.07. The Morgan fingerprint density at radius 1 is 1.29 bits per heavy atom. The Hall–Kier alpha value is -0.910. The second-order valence-corrected chi connectivity index (χ2v) is 6.83. The molecule has 3 rings (SSSR count). The smallest absolute Gasteiger partial charge is 0.331 e. The zero-order valence-corrected chi connectivity index (χ0v) is 13.7. The first-order chi connectivity index (χ1) is 10.1. The maximum Gasteiger partial charge on any atom is 0.331 e. The zero-order valence-electron chi connectivity index (χ0n) is 12.1. The average molecular weight is 354 g/mol. The van der Waals surface area contributed by atoms with Gasteiger partial charge in [-0.15, -0.1) is 0 Å². The van der Waals surface area contributed by atoms with Crippen molar-refractivity contribution >= 4 is 21.9 Å². The molecule has 0 aliphatic carbocycles. The monoisotopic (exact) mass is 353 g/mol. The van der Waals surface area contributed by atoms with Crippen LogP contribution in [0.1, 0.15) is 31.2 Å². The van der Waals surface area contributed by atoms with Crippen LogP contribution in [0.25, 0.3) is 0 Å². The fraction of sp³-hybridized carbons (Fsp3) is 0.562. The van der Waals surface area contributed by atoms with Crippen molar-refractivity contribution in [3.8, 4) is 0 Å². The van der Waals surface area contributed by atoms with Gasteiger partial charge in [-0.2, -0.15) is 0 Å². The van der Waals surface area contributed by atoms with Gasteiger partial charge in [0.25, 0.3) is 0 Å². The molecule has 2 heterocycles. The number of esters is 1. The van der Waals surface area contributed by atoms with Gasteiger partial charge in [-0.1, -0.05) is 28.1 Å². The van der Waals surface area contributed by atoms with Crippen LogP contribution >= 0.6 is 15.9 Å². The minimum atomic E-state index is -0.383. The fourth-order valence-electron chi connectivity index (χ4n) is 3.55. The molecule has 2 aliphatic rings. The van der Waals surface area contributed by atoms with Crippen LogP contribution < -0.4 is 5.32 Å². The zero-order chi connectivity index (χ0) is 14.9. The lowest BCUT2D eigenvalue weighted by molar-refractivity contribution is -0.157. The molecular formula is C16H20BrNO3. The summed E-state index contributed by atoms with van der Waals surface area (Å²) in [7, 11) is 1.39. The Morgan fingerprint density at radius 2 is 1.90 bits per heavy atom. The number of rotatable bonds is 4. The molecule has 1 aromatic rings. The molecule has 0 saturated carbocycles. The SMILES string of the molecule is COC(=O)COC1(c2ccc(Br)cc2)CC2CCC(C1)N2. The quantitative estimate of drug-likeness (QED) is 0.845. The summed E-state index contributed by atoms with van der Waals surface area (Å²) in [6.45, 7) is 0.00596. The summed E-state index contributed by atoms with van der Waals surface area (Å²) < 4.78 is 11.9. The van der Waals surface area contributed by atoms with E-state index in [0.29, 0.717) is 12.1 Å². The van der Waals surface area contributed by atoms with E-state index < -0.39 is 0 Å². The molecule has 21 heavy (non-hydrogen) atoms. The average Bonchev–Trinajstić information content (AvgIpc) is 2.84. The summed E-state index contributed by atoms with van der Waals surface area (Å²) in [5.41, 5.74) is 0.763. The Balaban J connectivity index is 1.87. The van der Waals surface area contributed by atoms with E-state index in [9.17, 15) is 4.79 Å². The van der Waals surface area contributed by atoms with Gasteiger partial charge < -0.3 is 14.8 Å². The molecule has 1 N–H and O–H groups in total. The first-order valence-corrected chi connectivity index (χ1v) is 8.13. The first kappa shape index (κ1) is 15.0. The van der Waals surface area contributed by atoms with Gasteiger partial charge in [0, 0.05) is 16.6 Å². The third kappa shape index (κ3) is 3.15. The number of benzene rings is 1. The minimum Gasteiger partial charge on any atom is -0.467 e. The molecule has 0 amide bonds. The van der Waals surface area contributed by atoms with Crippen molar-refractivity contribution in [3.05, 3.63) is 34.3 Å². The predicted octanol–water partition coefficient (Wildman–Crippen LogP) is 2.75. The van der Waals surface area contributed by atoms with Crippen LogP contribution in [-0.2, 0) is 19.9 Å². The van der Waals surface area contributed by atoms with E-state index >= 15 is 0 Å². The molecule has 1 aromatic carbocycles. The van der Waals surface area contributed by atoms with E-state index in [4.69, 9.17) is 9.47 Å². The van der Waals surface area contributed by atoms with Gasteiger partial charge in [0.15, 0.2) is 0 Å². The Bertz CT molecular complexity index is 505. The van der Waals surface area contributed by atoms with Crippen LogP contribution in [-0.4, -0.2) is 31.8 Å². The van der Waals surface area contributed by atoms with Gasteiger partial charge in [0.2, 0.25) is 0 Å². The number of hydrogen-bond acceptors (Lipinski definition) is 4. The van der Waals surface area contributed by atoms with Gasteiger partial charge in [0.1, 0.15) is 6.61 Å². The van der Waals surface area contributed by atoms with E-state index in [1.165, 1.54) is 20.0 Å². The second-order valence-electron chi connectivity index (χ2n) is 5.91. The maximum atomic E-state index is 11.5. The molecule has 2 aliphatic heterocycles. The van der Waals surface area contributed by atoms with Crippen molar-refractivity contribution in [2.45, 2.75) is 43.4 Å². The molecule has 2 unspecified atom stereocenters. The number of ether oxygens (including phenoxy) is 2. The molecule has 2 bridgehead atoms. The van der Waals surface area contributed by atoms with Crippen LogP contribution in [0, 0.1) is 0 Å². The molecule has 0 spiro atoms. The number of halogens is 1. The molecule has 0 radical (unpaired) electrons. The van der Waals surface area contributed by atoms with Gasteiger partial charge in [0.05, 0.1) is 12.7 Å². The van der Waals surface area contributed by atoms with Crippen LogP contribution in [0.2, 0.25) is 0 Å². The summed E-state index contributed by atoms with van der Waals surface area (Å²) >= 11 is 3.47. The minimum absolute atomic E-state index is 0.00596. The molecule has 2 fully saturated rings. The lowest BCUT2D eigenvalue weighted by atomic mass is 9.81. The molecule has 5 heteroatoms. The predicted molar refractivity (Wildman–Crippen MR) is 83.0 cm³/mol. The van der Waals surface area contributed by atoms with E-state index in [-0.39, 0.29) is 18.2 Å². The number of methoxy groups -OCH3 is 1. The normalized spacial score (nSPS) is 31.1. The fourth-order valence-corrected chi connectivity index (χ4v) is 3.81. The number of fused-ring (bicyclic) bond motifs is 2. The number of carbonyl (C=O) groups is 1. The Labute approximate surface area is 133 Å². The lowest BCUT2D eigenvalue weighted by Crippen LogP contribution is -2.48. The summed E-state index contributed by atoms with van der Waals surface area (Å²) in [6, 6.07) is 9.19. The molecule has 2 saturated heterocycles. The van der Waals surface area contributed by atoms with E-state index in [1.54, 1.807) is 0 Å². The highest BCUT2D eigenvalue weighted by atomic mass is 79.9. The van der Waals surface area contributed by atoms with Crippen molar-refractivity contribution < 1.29 is 14.3 Å². The third-order valence-electron chi connectivity index (χ3n) is 4.55. The molecule has 4 nitrogen and oxygen atoms in total. The number of nitrogens with one attached hydrogen (secondary N) is 1. The standard InChI is InChI=1S/C16H20BrNO3/c1-20-15(19)10-21-16(11-2-4-12(17)5-3-11)8-13-6-7-14(9-16)18-13/h2-5,13-14,18H,6-10H2,1H3. The summed E-state index contributed by atoms with van der Waals surface area (Å²) in [4.78, 5) is 11.5. The van der Waals surface area contributed by atoms with E-state index in [2.05, 4.69) is 33.4 Å². The summed E-state index contributed by atoms with van der Waals surface area (Å²) in [6.07, 6.45) is 4.18. The van der Waals surface area contributed by atoms with Crippen molar-refractivity contribution in [1.82, 2.24) is 5.32 Å². The van der Waals surface area contributed by atoms with Crippen molar-refractivity contribution in [2.24, 2.45) is 0 Å². The van der Waals surface area contributed by atoms with Crippen LogP contribution in [0.15, 0.2) is 28.7 Å². The van der Waals surface area contributed by atoms with Gasteiger partial charge >= 0.3 is 5.97 Å². The third-order valence-corrected chi connectivity index (χ3v) is 5.08.